The molecular weight excluding hydrogens is 445 g/mol. The maximum absolute atomic E-state index is 10.1. The van der Waals surface area contributed by atoms with Crippen molar-refractivity contribution in [1.82, 2.24) is 0 Å². The number of hydrogen-bond donors (Lipinski definition) is 1. The maximum atomic E-state index is 10.1. The first-order valence-electron chi connectivity index (χ1n) is 3.66. The number of aliphatic carboxylic acids is 3. The molecule has 0 rings (SSSR count). The number of carboxylic acid groups (broad SMARTS) is 3. The molecule has 100 valence electrons. The summed E-state index contributed by atoms with van der Waals surface area (Å²) in [6.45, 7) is 0. The molecule has 0 aliphatic rings. The van der Waals surface area contributed by atoms with Crippen LogP contribution in [-0.2, 0) is 14.4 Å². The Morgan fingerprint density at radius 1 is 0.739 bits per heavy atom. The van der Waals surface area contributed by atoms with Crippen molar-refractivity contribution in [2.75, 3.05) is 0 Å². The summed E-state index contributed by atoms with van der Waals surface area (Å²) in [5, 5.41) is 38.9. The third kappa shape index (κ3) is 38.1. The molecule has 0 aliphatic carbocycles. The zero-order valence-corrected chi connectivity index (χ0v) is 27.9. The second kappa shape index (κ2) is 29.0. The topological polar surface area (TPSA) is 210 Å². The summed E-state index contributed by atoms with van der Waals surface area (Å²) >= 11 is -3.94. The first-order valence-corrected chi connectivity index (χ1v) is 5.96. The normalized spacial score (nSPS) is 7.70. The van der Waals surface area contributed by atoms with E-state index in [2.05, 4.69) is 0 Å². The molecule has 0 aliphatic heterocycles. The Balaban J connectivity index is -0.0000000339. The van der Waals surface area contributed by atoms with Gasteiger partial charge in [0.1, 0.15) is 5.60 Å². The van der Waals surface area contributed by atoms with E-state index < -0.39 is 52.0 Å². The van der Waals surface area contributed by atoms with Gasteiger partial charge in [0.25, 0.3) is 0 Å². The SMILES string of the molecule is O=C([O-])CC(O)(CC(=O)[O-])C(=O)[O-].[Na+].[Na+].[Na+].[Na+].[Na+].[Na+].[O-][As]([O-])[O-]. The average molecular weight is 450 g/mol. The van der Waals surface area contributed by atoms with E-state index in [1.165, 1.54) is 0 Å². The average Bonchev–Trinajstić information content (AvgIpc) is 1.98. The van der Waals surface area contributed by atoms with Gasteiger partial charge >= 0.3 is 205 Å². The predicted octanol–water partition coefficient (Wildman–Crippen LogP) is -27.2. The number of carbonyl (C=O) groups excluding carboxylic acids is 3. The van der Waals surface area contributed by atoms with Crippen LogP contribution in [0.25, 0.3) is 0 Å². The second-order valence-corrected chi connectivity index (χ2v) is 3.58. The summed E-state index contributed by atoms with van der Waals surface area (Å²) < 4.78 is 25.7. The third-order valence-corrected chi connectivity index (χ3v) is 1.25. The summed E-state index contributed by atoms with van der Waals surface area (Å²) in [4.78, 5) is 30.0. The van der Waals surface area contributed by atoms with Crippen LogP contribution in [0.4, 0.5) is 0 Å². The minimum atomic E-state index is -3.94. The number of carbonyl (C=O) groups is 3. The van der Waals surface area contributed by atoms with Gasteiger partial charge in [0, 0.05) is 24.8 Å². The Morgan fingerprint density at radius 2 is 0.913 bits per heavy atom. The molecule has 0 spiro atoms. The van der Waals surface area contributed by atoms with Gasteiger partial charge in [0.15, 0.2) is 0 Å². The van der Waals surface area contributed by atoms with Crippen LogP contribution in [0.15, 0.2) is 0 Å². The fourth-order valence-corrected chi connectivity index (χ4v) is 0.684. The minimum absolute atomic E-state index is 0. The summed E-state index contributed by atoms with van der Waals surface area (Å²) in [6, 6.07) is 0. The van der Waals surface area contributed by atoms with Crippen molar-refractivity contribution in [1.29, 1.82) is 0 Å². The molecule has 0 heterocycles. The van der Waals surface area contributed by atoms with Gasteiger partial charge in [-0.1, -0.05) is 0 Å². The molecular formula is C6H5AsNa6O10. The first kappa shape index (κ1) is 50.9. The van der Waals surface area contributed by atoms with E-state index in [0.29, 0.717) is 0 Å². The summed E-state index contributed by atoms with van der Waals surface area (Å²) in [5.41, 5.74) is -2.97. The molecule has 0 atom stereocenters. The van der Waals surface area contributed by atoms with E-state index in [-0.39, 0.29) is 177 Å². The van der Waals surface area contributed by atoms with E-state index in [4.69, 9.17) is 17.4 Å². The Morgan fingerprint density at radius 3 is 1.00 bits per heavy atom. The van der Waals surface area contributed by atoms with Crippen molar-refractivity contribution in [3.8, 4) is 0 Å². The molecule has 0 aromatic rings. The molecule has 0 saturated carbocycles. The first-order chi connectivity index (χ1) is 7.51. The molecule has 17 heteroatoms. The van der Waals surface area contributed by atoms with Gasteiger partial charge in [-0.25, -0.2) is 0 Å². The van der Waals surface area contributed by atoms with Crippen LogP contribution in [0.3, 0.4) is 0 Å². The zero-order chi connectivity index (χ0) is 14.2. The van der Waals surface area contributed by atoms with E-state index in [1.54, 1.807) is 0 Å². The van der Waals surface area contributed by atoms with Crippen molar-refractivity contribution in [3.63, 3.8) is 0 Å². The molecule has 0 amide bonds. The van der Waals surface area contributed by atoms with Crippen LogP contribution in [0.1, 0.15) is 12.8 Å². The van der Waals surface area contributed by atoms with E-state index in [1.807, 2.05) is 0 Å². The number of aliphatic hydroxyl groups is 1. The molecule has 1 N–H and O–H groups in total. The Hall–Kier alpha value is 4.81. The van der Waals surface area contributed by atoms with Crippen molar-refractivity contribution in [2.24, 2.45) is 0 Å². The third-order valence-electron chi connectivity index (χ3n) is 1.25. The van der Waals surface area contributed by atoms with Crippen LogP contribution in [0.2, 0.25) is 0 Å². The number of hydrogen-bond acceptors (Lipinski definition) is 10. The van der Waals surface area contributed by atoms with Crippen LogP contribution in [0.5, 0.6) is 0 Å². The summed E-state index contributed by atoms with van der Waals surface area (Å²) in [5.74, 6) is -5.98. The molecule has 23 heavy (non-hydrogen) atoms. The van der Waals surface area contributed by atoms with Crippen molar-refractivity contribution in [2.45, 2.75) is 18.4 Å². The van der Waals surface area contributed by atoms with E-state index >= 15 is 0 Å². The van der Waals surface area contributed by atoms with Gasteiger partial charge in [-0.3, -0.25) is 0 Å². The van der Waals surface area contributed by atoms with Crippen molar-refractivity contribution in [3.05, 3.63) is 0 Å². The monoisotopic (exact) mass is 450 g/mol. The standard InChI is InChI=1S/C6H8O7.AsO3.6Na/c7-3(8)1-6(13,5(11)12)2-4(9)10;2-1(3)4;;;;;;/h13H,1-2H2,(H,7,8)(H,9,10)(H,11,12);;;;;;;/q;-3;6*+1/p-3. The van der Waals surface area contributed by atoms with Gasteiger partial charge in [-0.2, -0.15) is 0 Å². The molecule has 0 radical (unpaired) electrons. The fourth-order valence-electron chi connectivity index (χ4n) is 0.684. The molecule has 0 bridgehead atoms. The van der Waals surface area contributed by atoms with Gasteiger partial charge in [-0.15, -0.1) is 0 Å². The molecule has 10 nitrogen and oxygen atoms in total. The molecule has 0 saturated heterocycles. The van der Waals surface area contributed by atoms with Gasteiger partial charge in [-0.05, 0) is 0 Å². The summed E-state index contributed by atoms with van der Waals surface area (Å²) in [6.07, 6.45) is -2.72. The summed E-state index contributed by atoms with van der Waals surface area (Å²) in [7, 11) is 0. The van der Waals surface area contributed by atoms with E-state index in [0.717, 1.165) is 0 Å². The van der Waals surface area contributed by atoms with Crippen LogP contribution >= 0.6 is 0 Å². The van der Waals surface area contributed by atoms with E-state index in [9.17, 15) is 29.7 Å². The van der Waals surface area contributed by atoms with Gasteiger partial charge in [0.2, 0.25) is 0 Å². The van der Waals surface area contributed by atoms with Crippen molar-refractivity contribution >= 4 is 33.6 Å². The molecule has 0 aromatic carbocycles. The number of carboxylic acids is 3. The van der Waals surface area contributed by atoms with Crippen molar-refractivity contribution < 1.29 is 224 Å². The second-order valence-electron chi connectivity index (χ2n) is 2.64. The molecule has 0 fully saturated rings. The Bertz CT molecular complexity index is 287. The van der Waals surface area contributed by atoms with Gasteiger partial charge < -0.3 is 34.8 Å². The fraction of sp³-hybridized carbons (Fsp3) is 0.500. The van der Waals surface area contributed by atoms with Crippen LogP contribution < -0.4 is 205 Å². The number of rotatable bonds is 5. The zero-order valence-electron chi connectivity index (χ0n) is 14.0. The quantitative estimate of drug-likeness (QED) is 0.391. The molecule has 0 aromatic heterocycles. The molecule has 0 unspecified atom stereocenters. The Labute approximate surface area is 270 Å². The predicted molar refractivity (Wildman–Crippen MR) is 35.0 cm³/mol. The van der Waals surface area contributed by atoms with Gasteiger partial charge in [0.05, 0.1) is 5.97 Å². The Kier molecular flexibility index (Phi) is 64.3. The van der Waals surface area contributed by atoms with Crippen LogP contribution in [-0.4, -0.2) is 44.3 Å². The van der Waals surface area contributed by atoms with Crippen LogP contribution in [0, 0.1) is 0 Å².